The minimum absolute atomic E-state index is 0.236. The van der Waals surface area contributed by atoms with Crippen molar-refractivity contribution in [2.75, 3.05) is 12.4 Å². The van der Waals surface area contributed by atoms with Gasteiger partial charge in [0.1, 0.15) is 16.9 Å². The number of amides is 1. The van der Waals surface area contributed by atoms with E-state index < -0.39 is 0 Å². The number of anilines is 1. The van der Waals surface area contributed by atoms with Crippen molar-refractivity contribution in [3.63, 3.8) is 0 Å². The lowest BCUT2D eigenvalue weighted by Gasteiger charge is -2.11. The maximum Gasteiger partial charge on any atom is 0.256 e. The van der Waals surface area contributed by atoms with Crippen LogP contribution in [0.1, 0.15) is 10.4 Å². The molecule has 0 atom stereocenters. The number of carbonyl (C=O) groups is 1. The normalized spacial score (nSPS) is 11.0. The molecule has 4 nitrogen and oxygen atoms in total. The molecule has 0 saturated carbocycles. The molecule has 0 unspecified atom stereocenters. The third-order valence-electron chi connectivity index (χ3n) is 4.12. The van der Waals surface area contributed by atoms with Crippen LogP contribution in [0, 0.1) is 3.57 Å². The van der Waals surface area contributed by atoms with Crippen molar-refractivity contribution in [1.29, 1.82) is 0 Å². The molecule has 0 radical (unpaired) electrons. The van der Waals surface area contributed by atoms with Crippen LogP contribution in [0.3, 0.4) is 0 Å². The van der Waals surface area contributed by atoms with Gasteiger partial charge in [-0.25, -0.2) is 0 Å². The van der Waals surface area contributed by atoms with Crippen LogP contribution >= 0.6 is 34.2 Å². The summed E-state index contributed by atoms with van der Waals surface area (Å²) in [5.74, 6) is 0.334. The van der Waals surface area contributed by atoms with Crippen LogP contribution in [0.4, 0.5) is 5.69 Å². The Labute approximate surface area is 168 Å². The molecule has 1 heterocycles. The van der Waals surface area contributed by atoms with Gasteiger partial charge in [0.2, 0.25) is 0 Å². The van der Waals surface area contributed by atoms with Crippen molar-refractivity contribution in [2.24, 2.45) is 0 Å². The number of halogens is 2. The average Bonchev–Trinajstić information content (AvgIpc) is 2.98. The molecule has 0 bridgehead atoms. The van der Waals surface area contributed by atoms with Crippen molar-refractivity contribution in [3.05, 3.63) is 68.8 Å². The standard InChI is InChI=1S/C20H13ClINO3/c1-25-19-9-14-12-4-2-3-5-17(12)26-18(14)10-16(19)23-20(24)13-7-6-11(21)8-15(13)22/h2-10H,1H3,(H,23,24). The van der Waals surface area contributed by atoms with Crippen LogP contribution in [-0.4, -0.2) is 13.0 Å². The number of hydrogen-bond acceptors (Lipinski definition) is 3. The summed E-state index contributed by atoms with van der Waals surface area (Å²) in [5, 5.41) is 5.44. The Kier molecular flexibility index (Phi) is 4.50. The maximum absolute atomic E-state index is 12.7. The molecule has 6 heteroatoms. The summed E-state index contributed by atoms with van der Waals surface area (Å²) in [5.41, 5.74) is 2.57. The molecular formula is C20H13ClINO3. The minimum Gasteiger partial charge on any atom is -0.495 e. The lowest BCUT2D eigenvalue weighted by Crippen LogP contribution is -2.14. The van der Waals surface area contributed by atoms with E-state index in [0.717, 1.165) is 19.9 Å². The highest BCUT2D eigenvalue weighted by molar-refractivity contribution is 14.1. The minimum atomic E-state index is -0.236. The maximum atomic E-state index is 12.7. The molecule has 0 aliphatic rings. The molecule has 4 aromatic rings. The third-order valence-corrected chi connectivity index (χ3v) is 5.25. The lowest BCUT2D eigenvalue weighted by molar-refractivity contribution is 0.102. The quantitative estimate of drug-likeness (QED) is 0.363. The summed E-state index contributed by atoms with van der Waals surface area (Å²) in [6.45, 7) is 0. The van der Waals surface area contributed by atoms with Gasteiger partial charge in [-0.1, -0.05) is 29.8 Å². The molecule has 1 N–H and O–H groups in total. The predicted octanol–water partition coefficient (Wildman–Crippen LogP) is 6.10. The number of carbonyl (C=O) groups excluding carboxylic acids is 1. The number of rotatable bonds is 3. The second kappa shape index (κ2) is 6.81. The van der Waals surface area contributed by atoms with E-state index in [1.807, 2.05) is 30.3 Å². The number of fused-ring (bicyclic) bond motifs is 3. The summed E-state index contributed by atoms with van der Waals surface area (Å²) >= 11 is 8.06. The van der Waals surface area contributed by atoms with E-state index in [1.165, 1.54) is 0 Å². The van der Waals surface area contributed by atoms with E-state index in [2.05, 4.69) is 27.9 Å². The molecule has 130 valence electrons. The van der Waals surface area contributed by atoms with Crippen molar-refractivity contribution in [2.45, 2.75) is 0 Å². The molecule has 0 saturated heterocycles. The zero-order chi connectivity index (χ0) is 18.3. The SMILES string of the molecule is COc1cc2c(cc1NC(=O)c1ccc(Cl)cc1I)oc1ccccc12. The van der Waals surface area contributed by atoms with Gasteiger partial charge in [-0.15, -0.1) is 0 Å². The summed E-state index contributed by atoms with van der Waals surface area (Å²) in [7, 11) is 1.57. The van der Waals surface area contributed by atoms with Crippen LogP contribution < -0.4 is 10.1 Å². The fraction of sp³-hybridized carbons (Fsp3) is 0.0500. The van der Waals surface area contributed by atoms with E-state index in [9.17, 15) is 4.79 Å². The van der Waals surface area contributed by atoms with Gasteiger partial charge in [0.25, 0.3) is 5.91 Å². The predicted molar refractivity (Wildman–Crippen MR) is 112 cm³/mol. The van der Waals surface area contributed by atoms with Gasteiger partial charge in [0.15, 0.2) is 0 Å². The van der Waals surface area contributed by atoms with Gasteiger partial charge < -0.3 is 14.5 Å². The zero-order valence-corrected chi connectivity index (χ0v) is 16.6. The summed E-state index contributed by atoms with van der Waals surface area (Å²) in [4.78, 5) is 12.7. The second-order valence-electron chi connectivity index (χ2n) is 5.73. The number of benzene rings is 3. The largest absolute Gasteiger partial charge is 0.495 e. The summed E-state index contributed by atoms with van der Waals surface area (Å²) < 4.78 is 12.1. The van der Waals surface area contributed by atoms with E-state index in [1.54, 1.807) is 31.4 Å². The van der Waals surface area contributed by atoms with Crippen LogP contribution in [0.25, 0.3) is 21.9 Å². The molecule has 4 rings (SSSR count). The molecule has 1 aromatic heterocycles. The first-order valence-corrected chi connectivity index (χ1v) is 9.28. The Balaban J connectivity index is 1.77. The second-order valence-corrected chi connectivity index (χ2v) is 7.32. The van der Waals surface area contributed by atoms with Gasteiger partial charge in [-0.2, -0.15) is 0 Å². The molecule has 26 heavy (non-hydrogen) atoms. The smallest absolute Gasteiger partial charge is 0.256 e. The lowest BCUT2D eigenvalue weighted by atomic mass is 10.1. The Morgan fingerprint density at radius 2 is 1.88 bits per heavy atom. The number of para-hydroxylation sites is 1. The van der Waals surface area contributed by atoms with Crippen molar-refractivity contribution in [1.82, 2.24) is 0 Å². The van der Waals surface area contributed by atoms with Gasteiger partial charge in [-0.05, 0) is 52.9 Å². The summed E-state index contributed by atoms with van der Waals surface area (Å²) in [6.07, 6.45) is 0. The first-order chi connectivity index (χ1) is 12.6. The molecule has 0 aliphatic carbocycles. The van der Waals surface area contributed by atoms with Gasteiger partial charge >= 0.3 is 0 Å². The van der Waals surface area contributed by atoms with Crippen LogP contribution in [-0.2, 0) is 0 Å². The number of ether oxygens (including phenoxy) is 1. The van der Waals surface area contributed by atoms with Crippen LogP contribution in [0.5, 0.6) is 5.75 Å². The zero-order valence-electron chi connectivity index (χ0n) is 13.7. The van der Waals surface area contributed by atoms with E-state index in [-0.39, 0.29) is 5.91 Å². The van der Waals surface area contributed by atoms with Gasteiger partial charge in [-0.3, -0.25) is 4.79 Å². The third kappa shape index (κ3) is 3.01. The van der Waals surface area contributed by atoms with E-state index >= 15 is 0 Å². The Hall–Kier alpha value is -2.25. The number of methoxy groups -OCH3 is 1. The van der Waals surface area contributed by atoms with Crippen molar-refractivity contribution in [3.8, 4) is 5.75 Å². The van der Waals surface area contributed by atoms with E-state index in [4.69, 9.17) is 20.8 Å². The molecule has 0 aliphatic heterocycles. The number of hydrogen-bond donors (Lipinski definition) is 1. The Bertz CT molecular complexity index is 1150. The average molecular weight is 478 g/mol. The highest BCUT2D eigenvalue weighted by Crippen LogP contribution is 2.36. The highest BCUT2D eigenvalue weighted by atomic mass is 127. The molecule has 0 spiro atoms. The molecule has 3 aromatic carbocycles. The first-order valence-electron chi connectivity index (χ1n) is 7.82. The Morgan fingerprint density at radius 3 is 2.65 bits per heavy atom. The molecule has 0 fully saturated rings. The van der Waals surface area contributed by atoms with Crippen LogP contribution in [0.2, 0.25) is 5.02 Å². The van der Waals surface area contributed by atoms with Crippen molar-refractivity contribution < 1.29 is 13.9 Å². The van der Waals surface area contributed by atoms with E-state index in [0.29, 0.717) is 27.6 Å². The molecule has 1 amide bonds. The fourth-order valence-electron chi connectivity index (χ4n) is 2.88. The molecular weight excluding hydrogens is 465 g/mol. The van der Waals surface area contributed by atoms with Crippen LogP contribution in [0.15, 0.2) is 59.0 Å². The summed E-state index contributed by atoms with van der Waals surface area (Å²) in [6, 6.07) is 16.6. The van der Waals surface area contributed by atoms with Crippen molar-refractivity contribution >= 4 is 67.7 Å². The monoisotopic (exact) mass is 477 g/mol. The highest BCUT2D eigenvalue weighted by Gasteiger charge is 2.16. The number of furan rings is 1. The number of nitrogens with one attached hydrogen (secondary N) is 1. The fourth-order valence-corrected chi connectivity index (χ4v) is 4.00. The topological polar surface area (TPSA) is 51.5 Å². The van der Waals surface area contributed by atoms with Gasteiger partial charge in [0, 0.05) is 25.4 Å². The Morgan fingerprint density at radius 1 is 1.08 bits per heavy atom. The first kappa shape index (κ1) is 17.2. The van der Waals surface area contributed by atoms with Gasteiger partial charge in [0.05, 0.1) is 18.4 Å².